The van der Waals surface area contributed by atoms with Gasteiger partial charge in [0.25, 0.3) is 0 Å². The maximum atomic E-state index is 12.8. The molecular formula is C9H9F2Li. The van der Waals surface area contributed by atoms with E-state index in [1.54, 1.807) is 6.07 Å². The van der Waals surface area contributed by atoms with Crippen LogP contribution in [0.3, 0.4) is 0 Å². The van der Waals surface area contributed by atoms with Gasteiger partial charge in [-0.3, -0.25) is 4.39 Å². The minimum absolute atomic E-state index is 0. The predicted molar refractivity (Wildman–Crippen MR) is 39.2 cm³/mol. The van der Waals surface area contributed by atoms with Gasteiger partial charge in [0, 0.05) is 11.6 Å². The van der Waals surface area contributed by atoms with Crippen LogP contribution in [0, 0.1) is 17.7 Å². The molecule has 0 bridgehead atoms. The topological polar surface area (TPSA) is 0 Å². The Morgan fingerprint density at radius 3 is 2.67 bits per heavy atom. The zero-order chi connectivity index (χ0) is 8.27. The van der Waals surface area contributed by atoms with Crippen LogP contribution in [0.15, 0.2) is 12.1 Å². The third-order valence-electron chi connectivity index (χ3n) is 1.49. The van der Waals surface area contributed by atoms with Crippen molar-refractivity contribution in [3.8, 4) is 0 Å². The first-order chi connectivity index (χ1) is 5.25. The van der Waals surface area contributed by atoms with E-state index in [1.807, 2.05) is 6.92 Å². The summed E-state index contributed by atoms with van der Waals surface area (Å²) in [5.41, 5.74) is 0.434. The molecule has 0 radical (unpaired) electrons. The van der Waals surface area contributed by atoms with E-state index in [0.717, 1.165) is 6.42 Å². The molecule has 0 unspecified atom stereocenters. The Bertz CT molecular complexity index is 248. The van der Waals surface area contributed by atoms with Crippen LogP contribution in [0.4, 0.5) is 8.78 Å². The molecule has 0 saturated carbocycles. The van der Waals surface area contributed by atoms with E-state index in [-0.39, 0.29) is 18.9 Å². The van der Waals surface area contributed by atoms with Crippen LogP contribution in [0.5, 0.6) is 0 Å². The van der Waals surface area contributed by atoms with Gasteiger partial charge < -0.3 is 0 Å². The van der Waals surface area contributed by atoms with E-state index in [1.165, 1.54) is 6.07 Å². The molecule has 0 aliphatic carbocycles. The van der Waals surface area contributed by atoms with Crippen molar-refractivity contribution in [3.63, 3.8) is 0 Å². The Balaban J connectivity index is 0.00000121. The molecule has 12 heavy (non-hydrogen) atoms. The molecule has 1 aromatic carbocycles. The summed E-state index contributed by atoms with van der Waals surface area (Å²) in [4.78, 5) is 0. The van der Waals surface area contributed by atoms with Crippen LogP contribution in [0.1, 0.15) is 18.9 Å². The maximum absolute atomic E-state index is 12.8. The quantitative estimate of drug-likeness (QED) is 0.414. The molecule has 1 aromatic rings. The monoisotopic (exact) mass is 162 g/mol. The number of hydrogen-bond donors (Lipinski definition) is 0. The summed E-state index contributed by atoms with van der Waals surface area (Å²) in [7, 11) is 0. The first-order valence-electron chi connectivity index (χ1n) is 3.60. The van der Waals surface area contributed by atoms with Crippen molar-refractivity contribution < 1.29 is 27.6 Å². The molecule has 1 rings (SSSR count). The summed E-state index contributed by atoms with van der Waals surface area (Å²) in [6, 6.07) is 5.12. The van der Waals surface area contributed by atoms with Gasteiger partial charge in [-0.05, 0) is 6.42 Å². The Morgan fingerprint density at radius 1 is 1.42 bits per heavy atom. The first-order valence-corrected chi connectivity index (χ1v) is 3.60. The van der Waals surface area contributed by atoms with Crippen molar-refractivity contribution in [2.24, 2.45) is 0 Å². The van der Waals surface area contributed by atoms with E-state index >= 15 is 0 Å². The molecule has 3 heteroatoms. The summed E-state index contributed by atoms with van der Waals surface area (Å²) < 4.78 is 25.3. The fourth-order valence-electron chi connectivity index (χ4n) is 0.955. The van der Waals surface area contributed by atoms with Gasteiger partial charge >= 0.3 is 18.9 Å². The molecule has 0 aliphatic heterocycles. The minimum Gasteiger partial charge on any atom is -0.281 e. The van der Waals surface area contributed by atoms with Gasteiger partial charge in [0.15, 0.2) is 0 Å². The van der Waals surface area contributed by atoms with Gasteiger partial charge in [-0.1, -0.05) is 13.3 Å². The van der Waals surface area contributed by atoms with E-state index < -0.39 is 11.6 Å². The van der Waals surface area contributed by atoms with Crippen LogP contribution in [0.2, 0.25) is 0 Å². The third-order valence-corrected chi connectivity index (χ3v) is 1.49. The summed E-state index contributed by atoms with van der Waals surface area (Å²) in [6.07, 6.45) is 1.40. The molecule has 0 fully saturated rings. The van der Waals surface area contributed by atoms with Crippen LogP contribution >= 0.6 is 0 Å². The van der Waals surface area contributed by atoms with Crippen molar-refractivity contribution in [1.82, 2.24) is 0 Å². The number of halogens is 2. The van der Waals surface area contributed by atoms with E-state index in [4.69, 9.17) is 0 Å². The Morgan fingerprint density at radius 2 is 2.08 bits per heavy atom. The van der Waals surface area contributed by atoms with Crippen molar-refractivity contribution in [3.05, 3.63) is 35.4 Å². The van der Waals surface area contributed by atoms with Gasteiger partial charge in [0.1, 0.15) is 0 Å². The van der Waals surface area contributed by atoms with Crippen molar-refractivity contribution >= 4 is 0 Å². The van der Waals surface area contributed by atoms with Crippen LogP contribution in [0.25, 0.3) is 0 Å². The van der Waals surface area contributed by atoms with Gasteiger partial charge in [-0.15, -0.1) is 11.6 Å². The summed E-state index contributed by atoms with van der Waals surface area (Å²) in [5.74, 6) is -1.63. The molecule has 0 aromatic heterocycles. The van der Waals surface area contributed by atoms with Crippen LogP contribution in [-0.4, -0.2) is 0 Å². The number of hydrogen-bond acceptors (Lipinski definition) is 0. The zero-order valence-electron chi connectivity index (χ0n) is 7.32. The van der Waals surface area contributed by atoms with Gasteiger partial charge in [0.2, 0.25) is 0 Å². The van der Waals surface area contributed by atoms with Gasteiger partial charge in [0.05, 0.1) is 0 Å². The average molecular weight is 162 g/mol. The molecular weight excluding hydrogens is 153 g/mol. The summed E-state index contributed by atoms with van der Waals surface area (Å²) in [5, 5.41) is 0. The molecule has 0 saturated heterocycles. The Kier molecular flexibility index (Phi) is 5.20. The molecule has 0 aliphatic rings. The van der Waals surface area contributed by atoms with Crippen molar-refractivity contribution in [1.29, 1.82) is 0 Å². The van der Waals surface area contributed by atoms with Gasteiger partial charge in [-0.25, -0.2) is 4.39 Å². The summed E-state index contributed by atoms with van der Waals surface area (Å²) >= 11 is 0. The predicted octanol–water partition coefficient (Wildman–Crippen LogP) is -0.279. The van der Waals surface area contributed by atoms with Crippen molar-refractivity contribution in [2.45, 2.75) is 19.8 Å². The smallest absolute Gasteiger partial charge is 0.281 e. The fraction of sp³-hybridized carbons (Fsp3) is 0.333. The van der Waals surface area contributed by atoms with Crippen molar-refractivity contribution in [2.75, 3.05) is 0 Å². The molecule has 0 atom stereocenters. The molecule has 0 N–H and O–H groups in total. The average Bonchev–Trinajstić information content (AvgIpc) is 1.99. The van der Waals surface area contributed by atoms with E-state index in [9.17, 15) is 8.78 Å². The Labute approximate surface area is 83.2 Å². The Hall–Kier alpha value is -0.323. The number of benzene rings is 1. The van der Waals surface area contributed by atoms with E-state index in [0.29, 0.717) is 12.0 Å². The summed E-state index contributed by atoms with van der Waals surface area (Å²) in [6.45, 7) is 1.92. The van der Waals surface area contributed by atoms with Gasteiger partial charge in [-0.2, -0.15) is 12.1 Å². The number of rotatable bonds is 2. The molecule has 0 amide bonds. The van der Waals surface area contributed by atoms with E-state index in [2.05, 4.69) is 6.07 Å². The molecule has 0 nitrogen and oxygen atoms in total. The largest absolute Gasteiger partial charge is 1.00 e. The maximum Gasteiger partial charge on any atom is 1.00 e. The fourth-order valence-corrected chi connectivity index (χ4v) is 0.955. The number of aryl methyl sites for hydroxylation is 1. The minimum atomic E-state index is -0.879. The zero-order valence-corrected chi connectivity index (χ0v) is 7.32. The second kappa shape index (κ2) is 5.35. The van der Waals surface area contributed by atoms with Crippen LogP contribution < -0.4 is 18.9 Å². The SMILES string of the molecule is CCCc1cc[c-]c(F)c1F.[Li+]. The third kappa shape index (κ3) is 2.62. The molecule has 0 heterocycles. The second-order valence-corrected chi connectivity index (χ2v) is 2.38. The normalized spacial score (nSPS) is 9.25. The molecule has 60 valence electrons. The molecule has 0 spiro atoms. The standard InChI is InChI=1S/C9H9F2.Li/c1-2-4-7-5-3-6-8(10)9(7)11;/h3,5H,2,4H2,1H3;/q-1;+1. The first kappa shape index (κ1) is 11.7. The second-order valence-electron chi connectivity index (χ2n) is 2.38. The van der Waals surface area contributed by atoms with Crippen LogP contribution in [-0.2, 0) is 6.42 Å².